The lowest BCUT2D eigenvalue weighted by atomic mass is 10.2. The van der Waals surface area contributed by atoms with Gasteiger partial charge < -0.3 is 9.84 Å². The van der Waals surface area contributed by atoms with Crippen LogP contribution in [0.4, 0.5) is 5.69 Å². The molecule has 0 saturated carbocycles. The molecule has 2 aromatic rings. The van der Waals surface area contributed by atoms with E-state index in [1.165, 1.54) is 12.1 Å². The number of nitrogens with zero attached hydrogens (tertiary/aromatic N) is 3. The number of aromatic nitrogens is 2. The molecule has 1 heterocycles. The van der Waals surface area contributed by atoms with Crippen LogP contribution in [0.1, 0.15) is 16.1 Å². The van der Waals surface area contributed by atoms with E-state index in [1.54, 1.807) is 13.0 Å². The Morgan fingerprint density at radius 1 is 1.35 bits per heavy atom. The Morgan fingerprint density at radius 2 is 2.10 bits per heavy atom. The Hall–Kier alpha value is -3.03. The van der Waals surface area contributed by atoms with Crippen LogP contribution in [0, 0.1) is 17.0 Å². The molecule has 1 N–H and O–H groups in total. The number of hydrogen-bond acceptors (Lipinski definition) is 6. The minimum Gasteiger partial charge on any atom is -0.476 e. The molecule has 0 fully saturated rings. The van der Waals surface area contributed by atoms with Gasteiger partial charge in [0.1, 0.15) is 0 Å². The molecule has 0 radical (unpaired) electrons. The number of carboxylic acid groups (broad SMARTS) is 1. The second-order valence-electron chi connectivity index (χ2n) is 3.88. The number of carbonyl (C=O) groups is 1. The summed E-state index contributed by atoms with van der Waals surface area (Å²) in [6.45, 7) is 1.76. The Bertz CT molecular complexity index is 669. The highest BCUT2D eigenvalue weighted by Gasteiger charge is 2.16. The topological polar surface area (TPSA) is 115 Å². The van der Waals surface area contributed by atoms with E-state index in [0.29, 0.717) is 0 Å². The van der Waals surface area contributed by atoms with Gasteiger partial charge in [-0.3, -0.25) is 10.1 Å². The fourth-order valence-electron chi connectivity index (χ4n) is 1.45. The van der Waals surface area contributed by atoms with Crippen molar-refractivity contribution in [3.05, 3.63) is 52.0 Å². The minimum absolute atomic E-state index is 0.0207. The maximum atomic E-state index is 10.9. The highest BCUT2D eigenvalue weighted by molar-refractivity contribution is 5.84. The van der Waals surface area contributed by atoms with E-state index in [2.05, 4.69) is 9.97 Å². The minimum atomic E-state index is -1.22. The number of benzene rings is 1. The van der Waals surface area contributed by atoms with E-state index >= 15 is 0 Å². The van der Waals surface area contributed by atoms with Crippen molar-refractivity contribution in [1.29, 1.82) is 0 Å². The van der Waals surface area contributed by atoms with Crippen molar-refractivity contribution < 1.29 is 19.6 Å². The number of aryl methyl sites for hydroxylation is 1. The van der Waals surface area contributed by atoms with Gasteiger partial charge in [-0.2, -0.15) is 0 Å². The normalized spacial score (nSPS) is 10.1. The maximum Gasteiger partial charge on any atom is 0.356 e. The first kappa shape index (κ1) is 13.4. The summed E-state index contributed by atoms with van der Waals surface area (Å²) < 4.78 is 5.28. The maximum absolute atomic E-state index is 10.9. The van der Waals surface area contributed by atoms with Crippen LogP contribution in [0.3, 0.4) is 0 Å². The molecule has 8 heteroatoms. The van der Waals surface area contributed by atoms with Gasteiger partial charge in [0, 0.05) is 6.07 Å². The fourth-order valence-corrected chi connectivity index (χ4v) is 1.45. The SMILES string of the molecule is Cc1ccc([N+](=O)[O-])c(Oc2cnc(C(=O)O)cn2)c1. The lowest BCUT2D eigenvalue weighted by Gasteiger charge is -2.05. The van der Waals surface area contributed by atoms with Gasteiger partial charge in [-0.05, 0) is 18.6 Å². The number of nitro benzene ring substituents is 1. The number of nitro groups is 1. The van der Waals surface area contributed by atoms with E-state index in [-0.39, 0.29) is 23.0 Å². The molecule has 0 unspecified atom stereocenters. The molecule has 0 bridgehead atoms. The van der Waals surface area contributed by atoms with Crippen LogP contribution >= 0.6 is 0 Å². The summed E-state index contributed by atoms with van der Waals surface area (Å²) in [5.41, 5.74) is 0.330. The quantitative estimate of drug-likeness (QED) is 0.671. The van der Waals surface area contributed by atoms with Crippen LogP contribution in [-0.4, -0.2) is 26.0 Å². The van der Waals surface area contributed by atoms with Crippen LogP contribution in [-0.2, 0) is 0 Å². The molecule has 0 aliphatic carbocycles. The molecule has 20 heavy (non-hydrogen) atoms. The summed E-state index contributed by atoms with van der Waals surface area (Å²) in [6, 6.07) is 4.40. The van der Waals surface area contributed by atoms with Crippen molar-refractivity contribution in [1.82, 2.24) is 9.97 Å². The summed E-state index contributed by atoms with van der Waals surface area (Å²) in [6.07, 6.45) is 2.11. The molecule has 2 rings (SSSR count). The fraction of sp³-hybridized carbons (Fsp3) is 0.0833. The van der Waals surface area contributed by atoms with Gasteiger partial charge in [0.2, 0.25) is 11.6 Å². The van der Waals surface area contributed by atoms with Gasteiger partial charge in [0.05, 0.1) is 17.3 Å². The molecule has 102 valence electrons. The Labute approximate surface area is 112 Å². The molecule has 0 aliphatic heterocycles. The van der Waals surface area contributed by atoms with Crippen molar-refractivity contribution in [2.24, 2.45) is 0 Å². The number of hydrogen-bond donors (Lipinski definition) is 1. The third-order valence-electron chi connectivity index (χ3n) is 2.37. The van der Waals surface area contributed by atoms with Crippen LogP contribution in [0.15, 0.2) is 30.6 Å². The zero-order valence-corrected chi connectivity index (χ0v) is 10.3. The molecule has 1 aromatic heterocycles. The van der Waals surface area contributed by atoms with Crippen molar-refractivity contribution >= 4 is 11.7 Å². The van der Waals surface area contributed by atoms with Crippen LogP contribution in [0.25, 0.3) is 0 Å². The van der Waals surface area contributed by atoms with Crippen LogP contribution in [0.2, 0.25) is 0 Å². The van der Waals surface area contributed by atoms with Gasteiger partial charge in [0.25, 0.3) is 0 Å². The van der Waals surface area contributed by atoms with E-state index in [0.717, 1.165) is 18.0 Å². The predicted octanol–water partition coefficient (Wildman–Crippen LogP) is 2.18. The average Bonchev–Trinajstić information content (AvgIpc) is 2.39. The molecular formula is C12H9N3O5. The molecule has 0 spiro atoms. The number of carboxylic acids is 1. The second-order valence-corrected chi connectivity index (χ2v) is 3.88. The summed E-state index contributed by atoms with van der Waals surface area (Å²) in [7, 11) is 0. The first-order valence-corrected chi connectivity index (χ1v) is 5.45. The monoisotopic (exact) mass is 275 g/mol. The molecule has 0 atom stereocenters. The third kappa shape index (κ3) is 2.86. The van der Waals surface area contributed by atoms with Crippen molar-refractivity contribution in [3.8, 4) is 11.6 Å². The first-order chi connectivity index (χ1) is 9.47. The van der Waals surface area contributed by atoms with Crippen molar-refractivity contribution in [2.75, 3.05) is 0 Å². The molecule has 0 saturated heterocycles. The lowest BCUT2D eigenvalue weighted by Crippen LogP contribution is -2.02. The van der Waals surface area contributed by atoms with E-state index in [9.17, 15) is 14.9 Å². The number of ether oxygens (including phenoxy) is 1. The molecular weight excluding hydrogens is 266 g/mol. The van der Waals surface area contributed by atoms with Gasteiger partial charge in [0.15, 0.2) is 5.69 Å². The lowest BCUT2D eigenvalue weighted by molar-refractivity contribution is -0.385. The molecule has 8 nitrogen and oxygen atoms in total. The van der Waals surface area contributed by atoms with E-state index in [1.807, 2.05) is 0 Å². The predicted molar refractivity (Wildman–Crippen MR) is 66.9 cm³/mol. The van der Waals surface area contributed by atoms with Crippen molar-refractivity contribution in [2.45, 2.75) is 6.92 Å². The van der Waals surface area contributed by atoms with Crippen molar-refractivity contribution in [3.63, 3.8) is 0 Å². The third-order valence-corrected chi connectivity index (χ3v) is 2.37. The van der Waals surface area contributed by atoms with E-state index in [4.69, 9.17) is 9.84 Å². The summed E-state index contributed by atoms with van der Waals surface area (Å²) in [4.78, 5) is 28.3. The van der Waals surface area contributed by atoms with Gasteiger partial charge in [-0.1, -0.05) is 6.07 Å². The van der Waals surface area contributed by atoms with E-state index < -0.39 is 10.9 Å². The number of rotatable bonds is 4. The highest BCUT2D eigenvalue weighted by atomic mass is 16.6. The standard InChI is InChI=1S/C12H9N3O5/c1-7-2-3-9(15(18)19)10(4-7)20-11-6-13-8(5-14-11)12(16)17/h2-6H,1H3,(H,16,17). The molecule has 0 amide bonds. The summed E-state index contributed by atoms with van der Waals surface area (Å²) in [5, 5.41) is 19.6. The largest absolute Gasteiger partial charge is 0.476 e. The Balaban J connectivity index is 2.31. The van der Waals surface area contributed by atoms with Crippen LogP contribution in [0.5, 0.6) is 11.6 Å². The average molecular weight is 275 g/mol. The molecule has 1 aromatic carbocycles. The Kier molecular flexibility index (Phi) is 3.56. The van der Waals surface area contributed by atoms with Gasteiger partial charge in [-0.15, -0.1) is 0 Å². The Morgan fingerprint density at radius 3 is 2.65 bits per heavy atom. The smallest absolute Gasteiger partial charge is 0.356 e. The summed E-state index contributed by atoms with van der Waals surface area (Å²) in [5.74, 6) is -1.22. The first-order valence-electron chi connectivity index (χ1n) is 5.45. The number of aromatic carboxylic acids is 1. The molecule has 0 aliphatic rings. The second kappa shape index (κ2) is 5.31. The van der Waals surface area contributed by atoms with Crippen LogP contribution < -0.4 is 4.74 Å². The van der Waals surface area contributed by atoms with Gasteiger partial charge >= 0.3 is 11.7 Å². The summed E-state index contributed by atoms with van der Waals surface area (Å²) >= 11 is 0. The zero-order valence-electron chi connectivity index (χ0n) is 10.3. The van der Waals surface area contributed by atoms with Gasteiger partial charge in [-0.25, -0.2) is 14.8 Å². The highest BCUT2D eigenvalue weighted by Crippen LogP contribution is 2.30. The zero-order chi connectivity index (χ0) is 14.7.